The highest BCUT2D eigenvalue weighted by Gasteiger charge is 2.20. The molecule has 0 aliphatic carbocycles. The first-order chi connectivity index (χ1) is 15.8. The second-order valence-corrected chi connectivity index (χ2v) is 10.1. The molecular weight excluding hydrogens is 444 g/mol. The first-order valence-corrected chi connectivity index (χ1v) is 12.3. The van der Waals surface area contributed by atoms with Crippen molar-refractivity contribution >= 4 is 27.0 Å². The molecule has 1 aliphatic rings. The Kier molecular flexibility index (Phi) is 6.57. The average molecular weight is 473 g/mol. The summed E-state index contributed by atoms with van der Waals surface area (Å²) in [5.41, 5.74) is 2.53. The summed E-state index contributed by atoms with van der Waals surface area (Å²) in [6, 6.07) is 10.7. The summed E-state index contributed by atoms with van der Waals surface area (Å²) in [5, 5.41) is 2.95. The van der Waals surface area contributed by atoms with Crippen molar-refractivity contribution in [2.75, 3.05) is 27.4 Å². The van der Waals surface area contributed by atoms with Crippen LogP contribution >= 0.6 is 0 Å². The lowest BCUT2D eigenvalue weighted by Crippen LogP contribution is -2.26. The lowest BCUT2D eigenvalue weighted by Gasteiger charge is -2.11. The molecule has 0 spiro atoms. The number of imidazole rings is 1. The van der Waals surface area contributed by atoms with E-state index in [9.17, 15) is 13.2 Å². The lowest BCUT2D eigenvalue weighted by atomic mass is 10.1. The summed E-state index contributed by atoms with van der Waals surface area (Å²) >= 11 is 0. The van der Waals surface area contributed by atoms with Crippen molar-refractivity contribution in [1.29, 1.82) is 0 Å². The third kappa shape index (κ3) is 4.81. The van der Waals surface area contributed by atoms with Gasteiger partial charge in [-0.2, -0.15) is 0 Å². The Morgan fingerprint density at radius 2 is 1.91 bits per heavy atom. The Labute approximate surface area is 193 Å². The fourth-order valence-corrected chi connectivity index (χ4v) is 4.75. The summed E-state index contributed by atoms with van der Waals surface area (Å²) in [7, 11) is -0.534. The number of hydrogen-bond acceptors (Lipinski definition) is 6. The van der Waals surface area contributed by atoms with E-state index in [-0.39, 0.29) is 17.6 Å². The number of amides is 1. The van der Waals surface area contributed by atoms with E-state index in [0.717, 1.165) is 28.4 Å². The van der Waals surface area contributed by atoms with Crippen molar-refractivity contribution in [3.63, 3.8) is 0 Å². The molecule has 0 unspecified atom stereocenters. The molecule has 0 bridgehead atoms. The zero-order chi connectivity index (χ0) is 23.6. The van der Waals surface area contributed by atoms with Gasteiger partial charge in [0, 0.05) is 40.0 Å². The van der Waals surface area contributed by atoms with Crippen molar-refractivity contribution < 1.29 is 22.7 Å². The number of ether oxygens (including phenoxy) is 2. The van der Waals surface area contributed by atoms with Crippen LogP contribution in [0.3, 0.4) is 0 Å². The Morgan fingerprint density at radius 3 is 2.67 bits per heavy atom. The molecule has 33 heavy (non-hydrogen) atoms. The lowest BCUT2D eigenvalue weighted by molar-refractivity contribution is -0.121. The van der Waals surface area contributed by atoms with Gasteiger partial charge in [0.05, 0.1) is 15.9 Å². The van der Waals surface area contributed by atoms with E-state index in [1.54, 1.807) is 18.2 Å². The van der Waals surface area contributed by atoms with E-state index in [1.165, 1.54) is 18.4 Å². The van der Waals surface area contributed by atoms with Crippen LogP contribution in [-0.2, 0) is 34.2 Å². The highest BCUT2D eigenvalue weighted by atomic mass is 32.2. The van der Waals surface area contributed by atoms with E-state index in [1.807, 2.05) is 29.7 Å². The molecule has 1 aromatic heterocycles. The van der Waals surface area contributed by atoms with Gasteiger partial charge in [0.25, 0.3) is 0 Å². The minimum absolute atomic E-state index is 0.0543. The molecule has 0 saturated carbocycles. The van der Waals surface area contributed by atoms with Gasteiger partial charge < -0.3 is 19.4 Å². The van der Waals surface area contributed by atoms with Crippen LogP contribution in [0, 0.1) is 0 Å². The SMILES string of the molecule is CCn1c(CCC(=O)NCCc2ccc3c(c2)OCO3)nc2cc(S(=O)(=O)N(C)C)ccc21. The van der Waals surface area contributed by atoms with Gasteiger partial charge in [-0.1, -0.05) is 6.07 Å². The molecule has 1 N–H and O–H groups in total. The Hall–Kier alpha value is -3.11. The van der Waals surface area contributed by atoms with Crippen molar-refractivity contribution in [2.24, 2.45) is 0 Å². The predicted molar refractivity (Wildman–Crippen MR) is 124 cm³/mol. The number of nitrogens with one attached hydrogen (secondary N) is 1. The number of aryl methyl sites for hydroxylation is 2. The molecule has 4 rings (SSSR count). The average Bonchev–Trinajstić information content (AvgIpc) is 3.40. The second-order valence-electron chi connectivity index (χ2n) is 8.00. The van der Waals surface area contributed by atoms with Crippen LogP contribution in [0.25, 0.3) is 11.0 Å². The molecule has 2 aromatic carbocycles. The fourth-order valence-electron chi connectivity index (χ4n) is 3.83. The van der Waals surface area contributed by atoms with Gasteiger partial charge >= 0.3 is 0 Å². The van der Waals surface area contributed by atoms with E-state index in [0.29, 0.717) is 37.9 Å². The Bertz CT molecular complexity index is 1280. The number of aromatic nitrogens is 2. The molecule has 0 atom stereocenters. The number of carbonyl (C=O) groups excluding carboxylic acids is 1. The van der Waals surface area contributed by atoms with Gasteiger partial charge in [-0.15, -0.1) is 0 Å². The van der Waals surface area contributed by atoms with E-state index >= 15 is 0 Å². The van der Waals surface area contributed by atoms with Crippen LogP contribution in [0.15, 0.2) is 41.3 Å². The van der Waals surface area contributed by atoms with Crippen LogP contribution in [0.1, 0.15) is 24.7 Å². The second kappa shape index (κ2) is 9.40. The van der Waals surface area contributed by atoms with Gasteiger partial charge in [-0.25, -0.2) is 17.7 Å². The third-order valence-electron chi connectivity index (χ3n) is 5.64. The van der Waals surface area contributed by atoms with Gasteiger partial charge in [0.2, 0.25) is 22.7 Å². The summed E-state index contributed by atoms with van der Waals surface area (Å²) < 4.78 is 38.8. The zero-order valence-electron chi connectivity index (χ0n) is 19.0. The van der Waals surface area contributed by atoms with E-state index in [4.69, 9.17) is 9.47 Å². The van der Waals surface area contributed by atoms with Gasteiger partial charge in [0.15, 0.2) is 11.5 Å². The van der Waals surface area contributed by atoms with Crippen molar-refractivity contribution in [3.05, 3.63) is 47.8 Å². The number of rotatable bonds is 9. The largest absolute Gasteiger partial charge is 0.454 e. The number of hydrogen-bond donors (Lipinski definition) is 1. The van der Waals surface area contributed by atoms with E-state index in [2.05, 4.69) is 10.3 Å². The first-order valence-electron chi connectivity index (χ1n) is 10.9. The third-order valence-corrected chi connectivity index (χ3v) is 7.45. The standard InChI is InChI=1S/C23H28N4O5S/c1-4-27-19-7-6-17(33(29,30)26(2)3)14-18(19)25-22(27)9-10-23(28)24-12-11-16-5-8-20-21(13-16)32-15-31-20/h5-8,13-14H,4,9-12,15H2,1-3H3,(H,24,28). The first kappa shape index (κ1) is 23.1. The maximum absolute atomic E-state index is 12.4. The van der Waals surface area contributed by atoms with Crippen molar-refractivity contribution in [3.8, 4) is 11.5 Å². The molecule has 0 radical (unpaired) electrons. The molecule has 176 valence electrons. The van der Waals surface area contributed by atoms with Gasteiger partial charge in [-0.3, -0.25) is 4.79 Å². The number of fused-ring (bicyclic) bond motifs is 2. The molecule has 2 heterocycles. The zero-order valence-corrected chi connectivity index (χ0v) is 19.8. The summed E-state index contributed by atoms with van der Waals surface area (Å²) in [6.45, 7) is 3.44. The molecule has 9 nitrogen and oxygen atoms in total. The summed E-state index contributed by atoms with van der Waals surface area (Å²) in [5.74, 6) is 2.19. The van der Waals surface area contributed by atoms with Gasteiger partial charge in [-0.05, 0) is 49.2 Å². The summed E-state index contributed by atoms with van der Waals surface area (Å²) in [4.78, 5) is 17.2. The van der Waals surface area contributed by atoms with Crippen LogP contribution < -0.4 is 14.8 Å². The van der Waals surface area contributed by atoms with Crippen LogP contribution in [0.2, 0.25) is 0 Å². The highest BCUT2D eigenvalue weighted by molar-refractivity contribution is 7.89. The number of sulfonamides is 1. The Morgan fingerprint density at radius 1 is 1.12 bits per heavy atom. The smallest absolute Gasteiger partial charge is 0.242 e. The highest BCUT2D eigenvalue weighted by Crippen LogP contribution is 2.32. The minimum atomic E-state index is -3.54. The van der Waals surface area contributed by atoms with Crippen LogP contribution in [0.5, 0.6) is 11.5 Å². The molecular formula is C23H28N4O5S. The minimum Gasteiger partial charge on any atom is -0.454 e. The number of benzene rings is 2. The maximum atomic E-state index is 12.4. The van der Waals surface area contributed by atoms with E-state index < -0.39 is 10.0 Å². The number of nitrogens with zero attached hydrogens (tertiary/aromatic N) is 3. The predicted octanol–water partition coefficient (Wildman–Crippen LogP) is 2.33. The molecule has 1 amide bonds. The van der Waals surface area contributed by atoms with Crippen LogP contribution in [-0.4, -0.2) is 55.6 Å². The summed E-state index contributed by atoms with van der Waals surface area (Å²) in [6.07, 6.45) is 1.46. The number of carbonyl (C=O) groups is 1. The van der Waals surface area contributed by atoms with Crippen molar-refractivity contribution in [2.45, 2.75) is 37.6 Å². The molecule has 0 fully saturated rings. The quantitative estimate of drug-likeness (QED) is 0.513. The van der Waals surface area contributed by atoms with Gasteiger partial charge in [0.1, 0.15) is 5.82 Å². The van der Waals surface area contributed by atoms with Crippen LogP contribution in [0.4, 0.5) is 0 Å². The maximum Gasteiger partial charge on any atom is 0.242 e. The topological polar surface area (TPSA) is 103 Å². The van der Waals surface area contributed by atoms with Crippen molar-refractivity contribution in [1.82, 2.24) is 19.2 Å². The monoisotopic (exact) mass is 472 g/mol. The Balaban J connectivity index is 1.37. The molecule has 1 aliphatic heterocycles. The normalized spacial score (nSPS) is 13.1. The fraction of sp³-hybridized carbons (Fsp3) is 0.391. The molecule has 3 aromatic rings. The molecule has 10 heteroatoms. The molecule has 0 saturated heterocycles.